The molecular formula is C10H17NO2S. The normalized spacial score (nSPS) is 30.9. The van der Waals surface area contributed by atoms with Crippen LogP contribution in [0, 0.1) is 0 Å². The van der Waals surface area contributed by atoms with Crippen LogP contribution in [0.2, 0.25) is 0 Å². The Hall–Kier alpha value is -0.380. The molecule has 4 heteroatoms. The number of nitrogens with zero attached hydrogens (tertiary/aromatic N) is 1. The summed E-state index contributed by atoms with van der Waals surface area (Å²) in [4.78, 5) is 13.6. The monoisotopic (exact) mass is 215 g/mol. The number of carbonyl (C=O) groups is 1. The summed E-state index contributed by atoms with van der Waals surface area (Å²) in [7, 11) is 0. The van der Waals surface area contributed by atoms with Gasteiger partial charge >= 0.3 is 6.09 Å². The number of amides is 1. The summed E-state index contributed by atoms with van der Waals surface area (Å²) in [5, 5.41) is 0.660. The fraction of sp³-hybridized carbons (Fsp3) is 0.900. The van der Waals surface area contributed by atoms with Gasteiger partial charge in [0, 0.05) is 23.6 Å². The summed E-state index contributed by atoms with van der Waals surface area (Å²) >= 11 is 1.98. The summed E-state index contributed by atoms with van der Waals surface area (Å²) in [5.41, 5.74) is -0.369. The van der Waals surface area contributed by atoms with Gasteiger partial charge in [0.1, 0.15) is 5.60 Å². The minimum atomic E-state index is -0.369. The quantitative estimate of drug-likeness (QED) is 0.620. The largest absolute Gasteiger partial charge is 0.444 e. The maximum Gasteiger partial charge on any atom is 0.410 e. The van der Waals surface area contributed by atoms with Crippen LogP contribution in [0.25, 0.3) is 0 Å². The average molecular weight is 215 g/mol. The van der Waals surface area contributed by atoms with Crippen molar-refractivity contribution in [3.8, 4) is 0 Å². The Morgan fingerprint density at radius 1 is 1.50 bits per heavy atom. The third kappa shape index (κ3) is 2.00. The Kier molecular flexibility index (Phi) is 2.41. The average Bonchev–Trinajstić information content (AvgIpc) is 2.59. The van der Waals surface area contributed by atoms with Crippen LogP contribution in [0.5, 0.6) is 0 Å². The molecule has 14 heavy (non-hydrogen) atoms. The molecule has 0 radical (unpaired) electrons. The SMILES string of the molecule is CC(C)(C)OC(=O)N1C[C@@H]2CC1CS2. The third-order valence-corrected chi connectivity index (χ3v) is 3.92. The predicted molar refractivity (Wildman–Crippen MR) is 57.6 cm³/mol. The molecule has 2 saturated heterocycles. The smallest absolute Gasteiger partial charge is 0.410 e. The molecule has 2 aliphatic heterocycles. The first-order valence-corrected chi connectivity index (χ1v) is 6.12. The summed E-state index contributed by atoms with van der Waals surface area (Å²) in [5.74, 6) is 1.09. The van der Waals surface area contributed by atoms with Crippen molar-refractivity contribution in [1.29, 1.82) is 0 Å². The Bertz CT molecular complexity index is 249. The molecule has 0 aliphatic carbocycles. The number of hydrogen-bond acceptors (Lipinski definition) is 3. The molecule has 2 bridgehead atoms. The molecule has 3 nitrogen and oxygen atoms in total. The number of fused-ring (bicyclic) bond motifs is 2. The number of rotatable bonds is 0. The number of likely N-dealkylation sites (tertiary alicyclic amines) is 1. The van der Waals surface area contributed by atoms with Crippen LogP contribution >= 0.6 is 11.8 Å². The van der Waals surface area contributed by atoms with E-state index in [0.717, 1.165) is 18.7 Å². The first-order valence-electron chi connectivity index (χ1n) is 5.07. The van der Waals surface area contributed by atoms with Crippen LogP contribution in [0.1, 0.15) is 27.2 Å². The molecule has 2 fully saturated rings. The summed E-state index contributed by atoms with van der Waals surface area (Å²) < 4.78 is 5.35. The lowest BCUT2D eigenvalue weighted by Gasteiger charge is -2.29. The van der Waals surface area contributed by atoms with Gasteiger partial charge in [0.25, 0.3) is 0 Å². The lowest BCUT2D eigenvalue weighted by molar-refractivity contribution is 0.0239. The van der Waals surface area contributed by atoms with Gasteiger partial charge in [-0.05, 0) is 27.2 Å². The van der Waals surface area contributed by atoms with Crippen LogP contribution in [-0.4, -0.2) is 40.2 Å². The number of ether oxygens (including phenoxy) is 1. The molecule has 0 saturated carbocycles. The maximum atomic E-state index is 11.7. The maximum absolute atomic E-state index is 11.7. The Labute approximate surface area is 89.2 Å². The zero-order chi connectivity index (χ0) is 10.3. The minimum Gasteiger partial charge on any atom is -0.444 e. The molecule has 2 rings (SSSR count). The van der Waals surface area contributed by atoms with Crippen molar-refractivity contribution in [1.82, 2.24) is 4.90 Å². The Morgan fingerprint density at radius 2 is 2.21 bits per heavy atom. The van der Waals surface area contributed by atoms with E-state index in [9.17, 15) is 4.79 Å². The van der Waals surface area contributed by atoms with Crippen LogP contribution in [0.4, 0.5) is 4.79 Å². The van der Waals surface area contributed by atoms with Gasteiger partial charge in [-0.25, -0.2) is 4.79 Å². The second kappa shape index (κ2) is 3.33. The van der Waals surface area contributed by atoms with E-state index in [0.29, 0.717) is 11.3 Å². The van der Waals surface area contributed by atoms with E-state index in [1.165, 1.54) is 0 Å². The van der Waals surface area contributed by atoms with Crippen LogP contribution in [-0.2, 0) is 4.74 Å². The van der Waals surface area contributed by atoms with Crippen molar-refractivity contribution >= 4 is 17.9 Å². The zero-order valence-corrected chi connectivity index (χ0v) is 9.76. The molecule has 80 valence electrons. The summed E-state index contributed by atoms with van der Waals surface area (Å²) in [6.07, 6.45) is 1.02. The highest BCUT2D eigenvalue weighted by Crippen LogP contribution is 2.37. The Morgan fingerprint density at radius 3 is 2.64 bits per heavy atom. The highest BCUT2D eigenvalue weighted by molar-refractivity contribution is 8.00. The van der Waals surface area contributed by atoms with E-state index in [4.69, 9.17) is 4.74 Å². The molecule has 0 aromatic rings. The first-order chi connectivity index (χ1) is 6.46. The third-order valence-electron chi connectivity index (χ3n) is 2.53. The second-order valence-electron chi connectivity index (χ2n) is 4.98. The van der Waals surface area contributed by atoms with Crippen LogP contribution in [0.15, 0.2) is 0 Å². The van der Waals surface area contributed by atoms with Gasteiger partial charge in [0.05, 0.1) is 0 Å². The fourth-order valence-corrected chi connectivity index (χ4v) is 3.38. The summed E-state index contributed by atoms with van der Waals surface area (Å²) in [6, 6.07) is 0.430. The molecule has 1 amide bonds. The first kappa shape index (κ1) is 10.1. The molecular weight excluding hydrogens is 198 g/mol. The Balaban J connectivity index is 1.93. The standard InChI is InChI=1S/C10H17NO2S/c1-10(2,3)13-9(12)11-5-8-4-7(11)6-14-8/h7-8H,4-6H2,1-3H3/t7?,8-/m0/s1. The van der Waals surface area contributed by atoms with Gasteiger partial charge in [0.2, 0.25) is 0 Å². The highest BCUT2D eigenvalue weighted by atomic mass is 32.2. The molecule has 2 atom stereocenters. The molecule has 0 aromatic carbocycles. The van der Waals surface area contributed by atoms with Crippen molar-refractivity contribution in [2.75, 3.05) is 12.3 Å². The predicted octanol–water partition coefficient (Wildman–Crippen LogP) is 2.11. The number of carbonyl (C=O) groups excluding carboxylic acids is 1. The lowest BCUT2D eigenvalue weighted by Crippen LogP contribution is -2.42. The van der Waals surface area contributed by atoms with Crippen molar-refractivity contribution < 1.29 is 9.53 Å². The number of hydrogen-bond donors (Lipinski definition) is 0. The molecule has 2 aliphatic rings. The van der Waals surface area contributed by atoms with E-state index in [-0.39, 0.29) is 11.7 Å². The van der Waals surface area contributed by atoms with E-state index < -0.39 is 0 Å². The van der Waals surface area contributed by atoms with Crippen molar-refractivity contribution in [3.63, 3.8) is 0 Å². The minimum absolute atomic E-state index is 0.134. The van der Waals surface area contributed by atoms with E-state index >= 15 is 0 Å². The zero-order valence-electron chi connectivity index (χ0n) is 8.95. The van der Waals surface area contributed by atoms with Gasteiger partial charge in [-0.3, -0.25) is 0 Å². The topological polar surface area (TPSA) is 29.5 Å². The second-order valence-corrected chi connectivity index (χ2v) is 6.31. The fourth-order valence-electron chi connectivity index (χ4n) is 1.94. The molecule has 0 spiro atoms. The van der Waals surface area contributed by atoms with E-state index in [1.807, 2.05) is 37.4 Å². The van der Waals surface area contributed by atoms with Gasteiger partial charge in [0.15, 0.2) is 0 Å². The van der Waals surface area contributed by atoms with Crippen LogP contribution < -0.4 is 0 Å². The van der Waals surface area contributed by atoms with Crippen molar-refractivity contribution in [2.24, 2.45) is 0 Å². The van der Waals surface area contributed by atoms with Gasteiger partial charge in [-0.15, -0.1) is 0 Å². The lowest BCUT2D eigenvalue weighted by atomic mass is 10.2. The van der Waals surface area contributed by atoms with Gasteiger partial charge in [-0.2, -0.15) is 11.8 Å². The molecule has 0 N–H and O–H groups in total. The number of thioether (sulfide) groups is 1. The molecule has 1 unspecified atom stereocenters. The molecule has 0 aromatic heterocycles. The van der Waals surface area contributed by atoms with Gasteiger partial charge in [-0.1, -0.05) is 0 Å². The van der Waals surface area contributed by atoms with Gasteiger partial charge < -0.3 is 9.64 Å². The summed E-state index contributed by atoms with van der Waals surface area (Å²) in [6.45, 7) is 6.61. The van der Waals surface area contributed by atoms with E-state index in [1.54, 1.807) is 0 Å². The van der Waals surface area contributed by atoms with Crippen LogP contribution in [0.3, 0.4) is 0 Å². The van der Waals surface area contributed by atoms with Crippen molar-refractivity contribution in [2.45, 2.75) is 44.1 Å². The highest BCUT2D eigenvalue weighted by Gasteiger charge is 2.42. The molecule has 2 heterocycles. The van der Waals surface area contributed by atoms with Crippen molar-refractivity contribution in [3.05, 3.63) is 0 Å². The van der Waals surface area contributed by atoms with E-state index in [2.05, 4.69) is 0 Å².